The summed E-state index contributed by atoms with van der Waals surface area (Å²) in [7, 11) is 3.55. The SMILES string of the molecule is CN(C)C(=O)[C@@]1(Cc2ccccc2-c2cncnc2)CCCN(C(=O)c2ccn[nH]2)C1. The minimum absolute atomic E-state index is 0.0359. The molecule has 2 amide bonds. The van der Waals surface area contributed by atoms with Crippen molar-refractivity contribution in [2.45, 2.75) is 19.3 Å². The van der Waals surface area contributed by atoms with Crippen LogP contribution in [-0.4, -0.2) is 69.0 Å². The predicted molar refractivity (Wildman–Crippen MR) is 116 cm³/mol. The monoisotopic (exact) mass is 418 g/mol. The van der Waals surface area contributed by atoms with Gasteiger partial charge in [-0.05, 0) is 36.5 Å². The van der Waals surface area contributed by atoms with Gasteiger partial charge in [-0.15, -0.1) is 0 Å². The Kier molecular flexibility index (Phi) is 5.79. The average Bonchev–Trinajstić information content (AvgIpc) is 3.34. The molecule has 0 radical (unpaired) electrons. The van der Waals surface area contributed by atoms with Crippen LogP contribution in [0.15, 0.2) is 55.2 Å². The van der Waals surface area contributed by atoms with Crippen molar-refractivity contribution in [2.75, 3.05) is 27.2 Å². The third-order valence-electron chi connectivity index (χ3n) is 5.87. The summed E-state index contributed by atoms with van der Waals surface area (Å²) in [5.74, 6) is -0.0911. The summed E-state index contributed by atoms with van der Waals surface area (Å²) in [6.07, 6.45) is 8.63. The Labute approximate surface area is 181 Å². The molecule has 1 atom stereocenters. The molecule has 8 nitrogen and oxygen atoms in total. The third kappa shape index (κ3) is 4.19. The molecule has 1 saturated heterocycles. The van der Waals surface area contributed by atoms with E-state index in [9.17, 15) is 9.59 Å². The summed E-state index contributed by atoms with van der Waals surface area (Å²) in [5, 5.41) is 6.63. The molecular weight excluding hydrogens is 392 g/mol. The highest BCUT2D eigenvalue weighted by atomic mass is 16.2. The summed E-state index contributed by atoms with van der Waals surface area (Å²) in [6, 6.07) is 9.69. The van der Waals surface area contributed by atoms with Crippen molar-refractivity contribution >= 4 is 11.8 Å². The topological polar surface area (TPSA) is 95.1 Å². The molecule has 0 aliphatic carbocycles. The lowest BCUT2D eigenvalue weighted by molar-refractivity contribution is -0.142. The van der Waals surface area contributed by atoms with E-state index in [0.717, 1.165) is 29.5 Å². The number of carbonyl (C=O) groups is 2. The molecule has 1 aromatic carbocycles. The Hall–Kier alpha value is -3.55. The Bertz CT molecular complexity index is 1050. The highest BCUT2D eigenvalue weighted by molar-refractivity contribution is 5.93. The van der Waals surface area contributed by atoms with Crippen LogP contribution in [0, 0.1) is 5.41 Å². The van der Waals surface area contributed by atoms with Gasteiger partial charge in [-0.25, -0.2) is 9.97 Å². The number of H-pyrrole nitrogens is 1. The Morgan fingerprint density at radius 2 is 1.94 bits per heavy atom. The number of nitrogens with zero attached hydrogens (tertiary/aromatic N) is 5. The van der Waals surface area contributed by atoms with E-state index >= 15 is 0 Å². The van der Waals surface area contributed by atoms with Gasteiger partial charge >= 0.3 is 0 Å². The molecule has 4 rings (SSSR count). The molecule has 1 aliphatic rings. The van der Waals surface area contributed by atoms with Gasteiger partial charge in [0.1, 0.15) is 12.0 Å². The largest absolute Gasteiger partial charge is 0.348 e. The fraction of sp³-hybridized carbons (Fsp3) is 0.348. The van der Waals surface area contributed by atoms with Crippen molar-refractivity contribution in [1.29, 1.82) is 0 Å². The second kappa shape index (κ2) is 8.67. The number of nitrogens with one attached hydrogen (secondary N) is 1. The normalized spacial score (nSPS) is 18.6. The molecular formula is C23H26N6O2. The van der Waals surface area contributed by atoms with Gasteiger partial charge in [-0.3, -0.25) is 14.7 Å². The van der Waals surface area contributed by atoms with Crippen molar-refractivity contribution < 1.29 is 9.59 Å². The maximum absolute atomic E-state index is 13.5. The number of benzene rings is 1. The summed E-state index contributed by atoms with van der Waals surface area (Å²) < 4.78 is 0. The van der Waals surface area contributed by atoms with E-state index in [1.54, 1.807) is 48.6 Å². The molecule has 8 heteroatoms. The number of hydrogen-bond acceptors (Lipinski definition) is 5. The van der Waals surface area contributed by atoms with Gasteiger partial charge in [0.25, 0.3) is 5.91 Å². The van der Waals surface area contributed by atoms with Crippen LogP contribution in [0.1, 0.15) is 28.9 Å². The van der Waals surface area contributed by atoms with Crippen LogP contribution in [0.3, 0.4) is 0 Å². The molecule has 31 heavy (non-hydrogen) atoms. The van der Waals surface area contributed by atoms with E-state index in [2.05, 4.69) is 20.2 Å². The molecule has 0 unspecified atom stereocenters. The molecule has 2 aromatic heterocycles. The molecule has 3 heterocycles. The minimum Gasteiger partial charge on any atom is -0.348 e. The van der Waals surface area contributed by atoms with Crippen LogP contribution in [0.5, 0.6) is 0 Å². The third-order valence-corrected chi connectivity index (χ3v) is 5.87. The predicted octanol–water partition coefficient (Wildman–Crippen LogP) is 2.42. The number of piperidine rings is 1. The van der Waals surface area contributed by atoms with Gasteiger partial charge in [-0.2, -0.15) is 5.10 Å². The summed E-state index contributed by atoms with van der Waals surface area (Å²) >= 11 is 0. The van der Waals surface area contributed by atoms with Gasteiger partial charge < -0.3 is 9.80 Å². The van der Waals surface area contributed by atoms with E-state index in [0.29, 0.717) is 25.2 Å². The van der Waals surface area contributed by atoms with Crippen molar-refractivity contribution in [3.05, 3.63) is 66.5 Å². The first kappa shape index (κ1) is 20.7. The molecule has 1 fully saturated rings. The quantitative estimate of drug-likeness (QED) is 0.687. The summed E-state index contributed by atoms with van der Waals surface area (Å²) in [4.78, 5) is 38.2. The highest BCUT2D eigenvalue weighted by Crippen LogP contribution is 2.38. The Morgan fingerprint density at radius 3 is 2.65 bits per heavy atom. The zero-order chi connectivity index (χ0) is 21.8. The number of carbonyl (C=O) groups excluding carboxylic acids is 2. The molecule has 160 valence electrons. The number of likely N-dealkylation sites (tertiary alicyclic amines) is 1. The van der Waals surface area contributed by atoms with Crippen LogP contribution < -0.4 is 0 Å². The zero-order valence-electron chi connectivity index (χ0n) is 17.8. The van der Waals surface area contributed by atoms with Crippen molar-refractivity contribution in [1.82, 2.24) is 30.0 Å². The second-order valence-corrected chi connectivity index (χ2v) is 8.24. The summed E-state index contributed by atoms with van der Waals surface area (Å²) in [5.41, 5.74) is 2.69. The average molecular weight is 419 g/mol. The molecule has 1 aliphatic heterocycles. The van der Waals surface area contributed by atoms with E-state index in [-0.39, 0.29) is 11.8 Å². The minimum atomic E-state index is -0.705. The highest BCUT2D eigenvalue weighted by Gasteiger charge is 2.45. The number of aromatic amines is 1. The first-order chi connectivity index (χ1) is 15.0. The summed E-state index contributed by atoms with van der Waals surface area (Å²) in [6.45, 7) is 0.982. The molecule has 0 spiro atoms. The van der Waals surface area contributed by atoms with Gasteiger partial charge in [0.2, 0.25) is 5.91 Å². The lowest BCUT2D eigenvalue weighted by Gasteiger charge is -2.43. The van der Waals surface area contributed by atoms with Crippen LogP contribution in [0.25, 0.3) is 11.1 Å². The van der Waals surface area contributed by atoms with Crippen LogP contribution in [0.4, 0.5) is 0 Å². The number of amides is 2. The fourth-order valence-electron chi connectivity index (χ4n) is 4.48. The zero-order valence-corrected chi connectivity index (χ0v) is 17.8. The number of aromatic nitrogens is 4. The van der Waals surface area contributed by atoms with Crippen molar-refractivity contribution in [2.24, 2.45) is 5.41 Å². The Balaban J connectivity index is 1.70. The van der Waals surface area contributed by atoms with Crippen LogP contribution in [0.2, 0.25) is 0 Å². The van der Waals surface area contributed by atoms with Crippen molar-refractivity contribution in [3.63, 3.8) is 0 Å². The maximum atomic E-state index is 13.5. The molecule has 0 saturated carbocycles. The van der Waals surface area contributed by atoms with E-state index in [1.165, 1.54) is 6.33 Å². The van der Waals surface area contributed by atoms with Gasteiger partial charge in [-0.1, -0.05) is 24.3 Å². The van der Waals surface area contributed by atoms with Crippen LogP contribution in [-0.2, 0) is 11.2 Å². The fourth-order valence-corrected chi connectivity index (χ4v) is 4.48. The van der Waals surface area contributed by atoms with Gasteiger partial charge in [0.05, 0.1) is 5.41 Å². The van der Waals surface area contributed by atoms with Gasteiger partial charge in [0, 0.05) is 51.3 Å². The smallest absolute Gasteiger partial charge is 0.271 e. The second-order valence-electron chi connectivity index (χ2n) is 8.24. The lowest BCUT2D eigenvalue weighted by Crippen LogP contribution is -2.54. The van der Waals surface area contributed by atoms with E-state index in [1.807, 2.05) is 24.3 Å². The van der Waals surface area contributed by atoms with E-state index < -0.39 is 5.41 Å². The molecule has 0 bridgehead atoms. The first-order valence-electron chi connectivity index (χ1n) is 10.3. The number of hydrogen-bond donors (Lipinski definition) is 1. The van der Waals surface area contributed by atoms with Crippen LogP contribution >= 0.6 is 0 Å². The lowest BCUT2D eigenvalue weighted by atomic mass is 9.73. The Morgan fingerprint density at radius 1 is 1.16 bits per heavy atom. The van der Waals surface area contributed by atoms with E-state index in [4.69, 9.17) is 0 Å². The first-order valence-corrected chi connectivity index (χ1v) is 10.3. The van der Waals surface area contributed by atoms with Gasteiger partial charge in [0.15, 0.2) is 0 Å². The molecule has 1 N–H and O–H groups in total. The number of rotatable bonds is 5. The maximum Gasteiger partial charge on any atom is 0.271 e. The van der Waals surface area contributed by atoms with Crippen molar-refractivity contribution in [3.8, 4) is 11.1 Å². The molecule has 3 aromatic rings. The standard InChI is InChI=1S/C23H26N6O2/c1-28(2)22(31)23(9-5-11-29(15-23)21(30)20-8-10-26-27-20)12-17-6-3-4-7-19(17)18-13-24-16-25-14-18/h3-4,6-8,10,13-14,16H,5,9,11-12,15H2,1-2H3,(H,26,27)/t23-/m1/s1.